The second kappa shape index (κ2) is 11.0. The van der Waals surface area contributed by atoms with Crippen molar-refractivity contribution < 1.29 is 4.42 Å². The van der Waals surface area contributed by atoms with E-state index in [0.29, 0.717) is 5.92 Å². The molecule has 2 aliphatic heterocycles. The van der Waals surface area contributed by atoms with Crippen molar-refractivity contribution in [3.05, 3.63) is 46.5 Å². The molecule has 4 rings (SSSR count). The lowest BCUT2D eigenvalue weighted by Gasteiger charge is -2.33. The quantitative estimate of drug-likeness (QED) is 0.496. The Morgan fingerprint density at radius 2 is 2.10 bits per heavy atom. The molecule has 0 aromatic carbocycles. The highest BCUT2D eigenvalue weighted by Gasteiger charge is 2.26. The number of hydrogen-bond donors (Lipinski definition) is 2. The lowest BCUT2D eigenvalue weighted by Crippen LogP contribution is -2.46. The van der Waals surface area contributed by atoms with Crippen molar-refractivity contribution >= 4 is 17.3 Å². The molecule has 0 radical (unpaired) electrons. The molecule has 2 aliphatic rings. The van der Waals surface area contributed by atoms with Crippen LogP contribution < -0.4 is 10.6 Å². The van der Waals surface area contributed by atoms with E-state index in [-0.39, 0.29) is 6.04 Å². The molecule has 0 bridgehead atoms. The number of rotatable bonds is 8. The highest BCUT2D eigenvalue weighted by atomic mass is 32.1. The molecule has 2 atom stereocenters. The standard InChI is InChI=1S/C23H35N5OS/c1-24-23(26-16-21(22-9-5-13-29-22)28-11-2-3-12-28)25-15-19-7-4-10-27(17-19)18-20-8-6-14-30-20/h5-6,8-9,13-14,19,21H,2-4,7,10-12,15-18H2,1H3,(H2,24,25,26). The number of hydrogen-bond acceptors (Lipinski definition) is 5. The highest BCUT2D eigenvalue weighted by molar-refractivity contribution is 7.09. The van der Waals surface area contributed by atoms with Crippen LogP contribution in [0.1, 0.15) is 42.4 Å². The molecular weight excluding hydrogens is 394 g/mol. The number of nitrogens with zero attached hydrogens (tertiary/aromatic N) is 3. The van der Waals surface area contributed by atoms with Crippen molar-refractivity contribution in [1.29, 1.82) is 0 Å². The molecule has 30 heavy (non-hydrogen) atoms. The fraction of sp³-hybridized carbons (Fsp3) is 0.609. The summed E-state index contributed by atoms with van der Waals surface area (Å²) in [6, 6.07) is 8.73. The molecule has 4 heterocycles. The van der Waals surface area contributed by atoms with E-state index in [1.807, 2.05) is 24.5 Å². The Kier molecular flexibility index (Phi) is 7.83. The third kappa shape index (κ3) is 5.86. The summed E-state index contributed by atoms with van der Waals surface area (Å²) in [7, 11) is 1.86. The van der Waals surface area contributed by atoms with Gasteiger partial charge in [0.15, 0.2) is 5.96 Å². The zero-order valence-corrected chi connectivity index (χ0v) is 18.9. The third-order valence-corrected chi connectivity index (χ3v) is 7.12. The Hall–Kier alpha value is -1.83. The van der Waals surface area contributed by atoms with Gasteiger partial charge in [0.1, 0.15) is 5.76 Å². The molecule has 0 amide bonds. The van der Waals surface area contributed by atoms with Gasteiger partial charge in [-0.3, -0.25) is 14.8 Å². The predicted octanol–water partition coefficient (Wildman–Crippen LogP) is 3.56. The van der Waals surface area contributed by atoms with Crippen LogP contribution in [0.2, 0.25) is 0 Å². The first-order valence-electron chi connectivity index (χ1n) is 11.3. The predicted molar refractivity (Wildman–Crippen MR) is 124 cm³/mol. The summed E-state index contributed by atoms with van der Waals surface area (Å²) in [5, 5.41) is 9.30. The van der Waals surface area contributed by atoms with Gasteiger partial charge in [0.2, 0.25) is 0 Å². The molecule has 2 unspecified atom stereocenters. The largest absolute Gasteiger partial charge is 0.468 e. The summed E-state index contributed by atoms with van der Waals surface area (Å²) in [6.07, 6.45) is 6.88. The maximum atomic E-state index is 5.74. The summed E-state index contributed by atoms with van der Waals surface area (Å²) in [5.74, 6) is 2.59. The molecule has 0 saturated carbocycles. The monoisotopic (exact) mass is 429 g/mol. The zero-order chi connectivity index (χ0) is 20.6. The molecule has 6 nitrogen and oxygen atoms in total. The maximum absolute atomic E-state index is 5.74. The van der Waals surface area contributed by atoms with Crippen molar-refractivity contribution in [1.82, 2.24) is 20.4 Å². The van der Waals surface area contributed by atoms with Gasteiger partial charge in [-0.25, -0.2) is 0 Å². The molecule has 2 aromatic rings. The number of furan rings is 1. The number of nitrogens with one attached hydrogen (secondary N) is 2. The first-order chi connectivity index (χ1) is 14.8. The normalized spacial score (nSPS) is 22.3. The Bertz CT molecular complexity index is 755. The first kappa shape index (κ1) is 21.4. The van der Waals surface area contributed by atoms with Crippen LogP contribution in [-0.2, 0) is 6.54 Å². The van der Waals surface area contributed by atoms with Gasteiger partial charge in [-0.05, 0) is 74.8 Å². The third-order valence-electron chi connectivity index (χ3n) is 6.26. The smallest absolute Gasteiger partial charge is 0.191 e. The summed E-state index contributed by atoms with van der Waals surface area (Å²) < 4.78 is 5.74. The van der Waals surface area contributed by atoms with Gasteiger partial charge in [0, 0.05) is 38.1 Å². The molecule has 2 aromatic heterocycles. The molecule has 7 heteroatoms. The SMILES string of the molecule is CN=C(NCC1CCCN(Cc2cccs2)C1)NCC(c1ccco1)N1CCCC1. The summed E-state index contributed by atoms with van der Waals surface area (Å²) >= 11 is 1.86. The number of guanidine groups is 1. The van der Waals surface area contributed by atoms with Crippen LogP contribution in [0.3, 0.4) is 0 Å². The van der Waals surface area contributed by atoms with E-state index in [1.54, 1.807) is 6.26 Å². The molecule has 2 N–H and O–H groups in total. The van der Waals surface area contributed by atoms with Gasteiger partial charge in [-0.2, -0.15) is 0 Å². The first-order valence-corrected chi connectivity index (χ1v) is 12.2. The van der Waals surface area contributed by atoms with Crippen LogP contribution in [0.5, 0.6) is 0 Å². The van der Waals surface area contributed by atoms with Crippen molar-refractivity contribution in [3.63, 3.8) is 0 Å². The van der Waals surface area contributed by atoms with Crippen LogP contribution in [0.4, 0.5) is 0 Å². The van der Waals surface area contributed by atoms with Gasteiger partial charge in [-0.1, -0.05) is 6.07 Å². The van der Waals surface area contributed by atoms with Gasteiger partial charge in [0.25, 0.3) is 0 Å². The number of thiophene rings is 1. The van der Waals surface area contributed by atoms with E-state index in [0.717, 1.165) is 51.0 Å². The van der Waals surface area contributed by atoms with E-state index < -0.39 is 0 Å². The second-order valence-electron chi connectivity index (χ2n) is 8.43. The van der Waals surface area contributed by atoms with Crippen LogP contribution in [0, 0.1) is 5.92 Å². The van der Waals surface area contributed by atoms with Crippen molar-refractivity contribution in [2.24, 2.45) is 10.9 Å². The minimum absolute atomic E-state index is 0.261. The van der Waals surface area contributed by atoms with Crippen LogP contribution in [-0.4, -0.2) is 62.1 Å². The van der Waals surface area contributed by atoms with Crippen molar-refractivity contribution in [3.8, 4) is 0 Å². The van der Waals surface area contributed by atoms with Crippen LogP contribution in [0.15, 0.2) is 45.3 Å². The summed E-state index contributed by atoms with van der Waals surface area (Å²) in [4.78, 5) is 11.0. The Balaban J connectivity index is 1.25. The lowest BCUT2D eigenvalue weighted by molar-refractivity contribution is 0.169. The van der Waals surface area contributed by atoms with E-state index >= 15 is 0 Å². The minimum Gasteiger partial charge on any atom is -0.468 e. The Morgan fingerprint density at radius 1 is 1.20 bits per heavy atom. The topological polar surface area (TPSA) is 56.0 Å². The van der Waals surface area contributed by atoms with Crippen LogP contribution in [0.25, 0.3) is 0 Å². The fourth-order valence-electron chi connectivity index (χ4n) is 4.68. The van der Waals surface area contributed by atoms with E-state index in [2.05, 4.69) is 49.0 Å². The van der Waals surface area contributed by atoms with Gasteiger partial charge < -0.3 is 15.1 Å². The molecule has 0 spiro atoms. The van der Waals surface area contributed by atoms with Gasteiger partial charge >= 0.3 is 0 Å². The Labute approximate surface area is 184 Å². The molecule has 2 fully saturated rings. The number of aliphatic imine (C=N–C) groups is 1. The molecular formula is C23H35N5OS. The van der Waals surface area contributed by atoms with E-state index in [1.165, 1.54) is 37.1 Å². The summed E-state index contributed by atoms with van der Waals surface area (Å²) in [6.45, 7) is 7.51. The second-order valence-corrected chi connectivity index (χ2v) is 9.46. The number of likely N-dealkylation sites (tertiary alicyclic amines) is 2. The summed E-state index contributed by atoms with van der Waals surface area (Å²) in [5.41, 5.74) is 0. The van der Waals surface area contributed by atoms with E-state index in [4.69, 9.17) is 4.42 Å². The zero-order valence-electron chi connectivity index (χ0n) is 18.1. The average molecular weight is 430 g/mol. The van der Waals surface area contributed by atoms with Crippen molar-refractivity contribution in [2.75, 3.05) is 46.3 Å². The maximum Gasteiger partial charge on any atom is 0.191 e. The molecule has 0 aliphatic carbocycles. The lowest BCUT2D eigenvalue weighted by atomic mass is 9.98. The minimum atomic E-state index is 0.261. The number of piperidine rings is 1. The Morgan fingerprint density at radius 3 is 2.83 bits per heavy atom. The molecule has 2 saturated heterocycles. The highest BCUT2D eigenvalue weighted by Crippen LogP contribution is 2.25. The van der Waals surface area contributed by atoms with E-state index in [9.17, 15) is 0 Å². The van der Waals surface area contributed by atoms with Crippen molar-refractivity contribution in [2.45, 2.75) is 38.3 Å². The molecule has 164 valence electrons. The average Bonchev–Trinajstić information content (AvgIpc) is 3.55. The van der Waals surface area contributed by atoms with Crippen LogP contribution >= 0.6 is 11.3 Å². The van der Waals surface area contributed by atoms with Gasteiger partial charge in [-0.15, -0.1) is 11.3 Å². The fourth-order valence-corrected chi connectivity index (χ4v) is 5.43. The van der Waals surface area contributed by atoms with Gasteiger partial charge in [0.05, 0.1) is 12.3 Å².